The molecule has 1 atom stereocenters. The van der Waals surface area contributed by atoms with Crippen LogP contribution in [-0.2, 0) is 26.0 Å². The predicted molar refractivity (Wildman–Crippen MR) is 150 cm³/mol. The summed E-state index contributed by atoms with van der Waals surface area (Å²) < 4.78 is 28.5. The van der Waals surface area contributed by atoms with E-state index in [2.05, 4.69) is 20.8 Å². The van der Waals surface area contributed by atoms with Crippen molar-refractivity contribution in [3.8, 4) is 11.1 Å². The Morgan fingerprint density at radius 1 is 1.00 bits per heavy atom. The van der Waals surface area contributed by atoms with E-state index in [0.717, 1.165) is 21.0 Å². The number of amides is 2. The summed E-state index contributed by atoms with van der Waals surface area (Å²) in [6.45, 7) is 0.314. The van der Waals surface area contributed by atoms with Crippen LogP contribution in [0.4, 0.5) is 11.4 Å². The van der Waals surface area contributed by atoms with Gasteiger partial charge in [-0.05, 0) is 47.9 Å². The zero-order valence-corrected chi connectivity index (χ0v) is 22.7. The van der Waals surface area contributed by atoms with Crippen molar-refractivity contribution in [2.45, 2.75) is 23.8 Å². The monoisotopic (exact) mass is 583 g/mol. The summed E-state index contributed by atoms with van der Waals surface area (Å²) >= 11 is 12.1. The van der Waals surface area contributed by atoms with Gasteiger partial charge in [0.2, 0.25) is 11.8 Å². The summed E-state index contributed by atoms with van der Waals surface area (Å²) in [5.41, 5.74) is 3.57. The van der Waals surface area contributed by atoms with Gasteiger partial charge in [-0.2, -0.15) is 5.10 Å². The molecule has 0 spiro atoms. The van der Waals surface area contributed by atoms with Crippen LogP contribution in [0.25, 0.3) is 11.1 Å². The summed E-state index contributed by atoms with van der Waals surface area (Å²) in [6.07, 6.45) is 3.72. The molecular weight excluding hydrogens is 561 g/mol. The number of anilines is 2. The Bertz CT molecular complexity index is 1630. The van der Waals surface area contributed by atoms with Gasteiger partial charge in [0, 0.05) is 18.3 Å². The van der Waals surface area contributed by atoms with E-state index in [0.29, 0.717) is 18.7 Å². The molecule has 2 heterocycles. The molecular formula is C27H23Cl2N5O4S. The van der Waals surface area contributed by atoms with Gasteiger partial charge in [-0.25, -0.2) is 8.42 Å². The smallest absolute Gasteiger partial charge is 0.265 e. The van der Waals surface area contributed by atoms with Crippen LogP contribution >= 0.6 is 23.2 Å². The van der Waals surface area contributed by atoms with Crippen molar-refractivity contribution in [1.29, 1.82) is 0 Å². The number of rotatable bonds is 8. The lowest BCUT2D eigenvalue weighted by Crippen LogP contribution is -2.52. The molecule has 3 aromatic carbocycles. The molecule has 1 aliphatic heterocycles. The minimum absolute atomic E-state index is 0.0552. The maximum atomic E-state index is 13.8. The van der Waals surface area contributed by atoms with Crippen LogP contribution < -0.4 is 14.9 Å². The Morgan fingerprint density at radius 2 is 1.77 bits per heavy atom. The highest BCUT2D eigenvalue weighted by Crippen LogP contribution is 2.38. The quantitative estimate of drug-likeness (QED) is 0.278. The van der Waals surface area contributed by atoms with Crippen molar-refractivity contribution in [3.05, 3.63) is 94.7 Å². The van der Waals surface area contributed by atoms with Crippen molar-refractivity contribution in [2.75, 3.05) is 16.2 Å². The first kappa shape index (κ1) is 26.7. The third kappa shape index (κ3) is 5.63. The molecule has 1 aliphatic rings. The van der Waals surface area contributed by atoms with Gasteiger partial charge >= 0.3 is 0 Å². The number of nitrogens with one attached hydrogen (secondary N) is 3. The number of nitrogens with zero attached hydrogens (tertiary/aromatic N) is 2. The minimum atomic E-state index is -4.29. The van der Waals surface area contributed by atoms with Crippen LogP contribution in [0.1, 0.15) is 12.0 Å². The normalized spacial score (nSPS) is 15.0. The fourth-order valence-electron chi connectivity index (χ4n) is 4.35. The van der Waals surface area contributed by atoms with E-state index in [1.165, 1.54) is 18.2 Å². The van der Waals surface area contributed by atoms with E-state index in [4.69, 9.17) is 23.2 Å². The molecule has 5 rings (SSSR count). The zero-order chi connectivity index (χ0) is 27.6. The van der Waals surface area contributed by atoms with Gasteiger partial charge in [0.15, 0.2) is 0 Å². The number of sulfonamides is 1. The highest BCUT2D eigenvalue weighted by atomic mass is 35.5. The molecule has 0 radical (unpaired) electrons. The van der Waals surface area contributed by atoms with Crippen LogP contribution in [0.2, 0.25) is 10.0 Å². The number of fused-ring (bicyclic) bond motifs is 1. The number of carbonyl (C=O) groups excluding carboxylic acids is 2. The highest BCUT2D eigenvalue weighted by molar-refractivity contribution is 7.93. The Kier molecular flexibility index (Phi) is 7.60. The lowest BCUT2D eigenvalue weighted by molar-refractivity contribution is -0.125. The summed E-state index contributed by atoms with van der Waals surface area (Å²) in [5, 5.41) is 12.5. The lowest BCUT2D eigenvalue weighted by atomic mass is 10.1. The number of hydrogen-bond donors (Lipinski definition) is 3. The van der Waals surface area contributed by atoms with Crippen LogP contribution in [0.15, 0.2) is 84.0 Å². The molecule has 0 saturated heterocycles. The maximum absolute atomic E-state index is 13.8. The lowest BCUT2D eigenvalue weighted by Gasteiger charge is -2.36. The van der Waals surface area contributed by atoms with E-state index in [-0.39, 0.29) is 27.0 Å². The fraction of sp³-hybridized carbons (Fsp3) is 0.148. The second-order valence-corrected chi connectivity index (χ2v) is 11.5. The number of aromatic nitrogens is 2. The van der Waals surface area contributed by atoms with Crippen molar-refractivity contribution in [1.82, 2.24) is 15.5 Å². The van der Waals surface area contributed by atoms with Crippen molar-refractivity contribution in [3.63, 3.8) is 0 Å². The Labute approximate surface area is 235 Å². The van der Waals surface area contributed by atoms with Crippen LogP contribution in [0.3, 0.4) is 0 Å². The average Bonchev–Trinajstić information content (AvgIpc) is 3.46. The molecule has 0 fully saturated rings. The maximum Gasteiger partial charge on any atom is 0.265 e. The van der Waals surface area contributed by atoms with E-state index in [1.54, 1.807) is 36.7 Å². The second-order valence-electron chi connectivity index (χ2n) is 8.89. The average molecular weight is 584 g/mol. The number of hydrogen-bond acceptors (Lipinski definition) is 5. The first-order chi connectivity index (χ1) is 18.7. The Balaban J connectivity index is 1.32. The third-order valence-corrected chi connectivity index (χ3v) is 8.89. The predicted octanol–water partition coefficient (Wildman–Crippen LogP) is 4.65. The van der Waals surface area contributed by atoms with Gasteiger partial charge in [0.1, 0.15) is 6.04 Å². The van der Waals surface area contributed by atoms with Gasteiger partial charge < -0.3 is 10.6 Å². The number of para-hydroxylation sites is 2. The number of aromatic amines is 1. The standard InChI is InChI=1S/C27H23Cl2N5O4S/c28-21-10-9-20(13-22(21)29)39(37,38)34-24-4-2-1-3-23(24)33-27(36)25(34)14-26(35)30-12-11-17-5-7-18(8-6-17)19-15-31-32-16-19/h1-10,13,15-16,25H,11-12,14H2,(H,30,35)(H,31,32)(H,33,36). The summed E-state index contributed by atoms with van der Waals surface area (Å²) in [5.74, 6) is -1.07. The molecule has 0 saturated carbocycles. The third-order valence-electron chi connectivity index (χ3n) is 6.33. The zero-order valence-electron chi connectivity index (χ0n) is 20.4. The molecule has 39 heavy (non-hydrogen) atoms. The Morgan fingerprint density at radius 3 is 2.49 bits per heavy atom. The summed E-state index contributed by atoms with van der Waals surface area (Å²) in [6, 6.07) is 17.0. The number of H-pyrrole nitrogens is 1. The van der Waals surface area contributed by atoms with Crippen molar-refractivity contribution in [2.24, 2.45) is 0 Å². The molecule has 1 aromatic heterocycles. The number of halogens is 2. The fourth-order valence-corrected chi connectivity index (χ4v) is 6.37. The molecule has 2 amide bonds. The van der Waals surface area contributed by atoms with E-state index < -0.39 is 27.9 Å². The van der Waals surface area contributed by atoms with E-state index in [1.807, 2.05) is 24.3 Å². The molecule has 4 aromatic rings. The largest absolute Gasteiger partial charge is 0.356 e. The van der Waals surface area contributed by atoms with Gasteiger partial charge in [0.25, 0.3) is 10.0 Å². The summed E-state index contributed by atoms with van der Waals surface area (Å²) in [4.78, 5) is 25.8. The van der Waals surface area contributed by atoms with E-state index in [9.17, 15) is 18.0 Å². The second kappa shape index (κ2) is 11.1. The molecule has 9 nitrogen and oxygen atoms in total. The first-order valence-corrected chi connectivity index (χ1v) is 14.2. The van der Waals surface area contributed by atoms with Crippen molar-refractivity contribution >= 4 is 56.4 Å². The topological polar surface area (TPSA) is 124 Å². The van der Waals surface area contributed by atoms with Crippen LogP contribution in [0.5, 0.6) is 0 Å². The minimum Gasteiger partial charge on any atom is -0.356 e. The molecule has 0 bridgehead atoms. The number of benzene rings is 3. The van der Waals surface area contributed by atoms with Crippen LogP contribution in [0, 0.1) is 0 Å². The van der Waals surface area contributed by atoms with Crippen LogP contribution in [-0.4, -0.2) is 43.0 Å². The molecule has 200 valence electrons. The van der Waals surface area contributed by atoms with E-state index >= 15 is 0 Å². The SMILES string of the molecule is O=C(CC1C(=O)Nc2ccccc2N1S(=O)(=O)c1ccc(Cl)c(Cl)c1)NCCc1ccc(-c2cn[nH]c2)cc1. The van der Waals surface area contributed by atoms with Gasteiger partial charge in [0.05, 0.1) is 38.9 Å². The number of carbonyl (C=O) groups is 2. The molecule has 1 unspecified atom stereocenters. The Hall–Kier alpha value is -3.86. The summed E-state index contributed by atoms with van der Waals surface area (Å²) in [7, 11) is -4.29. The highest BCUT2D eigenvalue weighted by Gasteiger charge is 2.42. The molecule has 0 aliphatic carbocycles. The van der Waals surface area contributed by atoms with Crippen molar-refractivity contribution < 1.29 is 18.0 Å². The first-order valence-electron chi connectivity index (χ1n) is 12.0. The van der Waals surface area contributed by atoms with Gasteiger partial charge in [-0.1, -0.05) is 59.6 Å². The molecule has 3 N–H and O–H groups in total. The molecule has 12 heteroatoms. The van der Waals surface area contributed by atoms with Gasteiger partial charge in [-0.3, -0.25) is 19.0 Å². The van der Waals surface area contributed by atoms with Gasteiger partial charge in [-0.15, -0.1) is 0 Å².